The summed E-state index contributed by atoms with van der Waals surface area (Å²) in [6, 6.07) is 0.976. The molecule has 1 spiro atoms. The molecule has 5 aliphatic carbocycles. The maximum Gasteiger partial charge on any atom is 0.303 e. The Balaban J connectivity index is 1.20. The smallest absolute Gasteiger partial charge is 0.303 e. The molecule has 0 aromatic carbocycles. The van der Waals surface area contributed by atoms with Gasteiger partial charge < -0.3 is 14.5 Å². The van der Waals surface area contributed by atoms with Crippen molar-refractivity contribution in [2.45, 2.75) is 103 Å². The number of likely N-dealkylation sites (tertiary alicyclic amines) is 1. The second kappa shape index (κ2) is 7.57. The van der Waals surface area contributed by atoms with Crippen LogP contribution < -0.4 is 0 Å². The van der Waals surface area contributed by atoms with Gasteiger partial charge >= 0.3 is 5.97 Å². The van der Waals surface area contributed by atoms with Gasteiger partial charge in [0.25, 0.3) is 5.91 Å². The van der Waals surface area contributed by atoms with E-state index in [0.29, 0.717) is 23.7 Å². The number of amides is 1. The molecule has 0 radical (unpaired) electrons. The molecule has 8 atom stereocenters. The Labute approximate surface area is 205 Å². The molecule has 0 N–H and O–H groups in total. The SMILES string of the molecule is CC(=O)OC1(C(=O)N(C)[C@H]2CC[C@@]3(C)C(=CC[C@H]4[C@@H]5CC[C@@H]6[C@H](C)N(C)C[C@@]65CC[C@@H]43)C2)CC1. The van der Waals surface area contributed by atoms with E-state index in [0.717, 1.165) is 42.6 Å². The number of carbonyl (C=O) groups is 2. The average molecular weight is 469 g/mol. The first-order valence-electron chi connectivity index (χ1n) is 14.0. The van der Waals surface area contributed by atoms with E-state index in [2.05, 4.69) is 31.9 Å². The van der Waals surface area contributed by atoms with Crippen molar-refractivity contribution in [3.63, 3.8) is 0 Å². The van der Waals surface area contributed by atoms with Crippen molar-refractivity contribution in [2.24, 2.45) is 34.5 Å². The second-order valence-electron chi connectivity index (χ2n) is 13.3. The molecular weight excluding hydrogens is 424 g/mol. The van der Waals surface area contributed by atoms with Crippen LogP contribution in [0.25, 0.3) is 0 Å². The number of hydrogen-bond donors (Lipinski definition) is 0. The van der Waals surface area contributed by atoms with Gasteiger partial charge in [-0.25, -0.2) is 0 Å². The normalized spacial score (nSPS) is 46.4. The van der Waals surface area contributed by atoms with Crippen LogP contribution in [0.1, 0.15) is 85.0 Å². The minimum atomic E-state index is -0.865. The summed E-state index contributed by atoms with van der Waals surface area (Å²) in [7, 11) is 4.29. The fourth-order valence-corrected chi connectivity index (χ4v) is 10.0. The quantitative estimate of drug-likeness (QED) is 0.441. The van der Waals surface area contributed by atoms with Crippen LogP contribution in [-0.2, 0) is 14.3 Å². The van der Waals surface area contributed by atoms with Crippen molar-refractivity contribution in [1.82, 2.24) is 9.80 Å². The van der Waals surface area contributed by atoms with Crippen LogP contribution in [0.4, 0.5) is 0 Å². The van der Waals surface area contributed by atoms with E-state index in [9.17, 15) is 9.59 Å². The maximum absolute atomic E-state index is 13.2. The summed E-state index contributed by atoms with van der Waals surface area (Å²) >= 11 is 0. The summed E-state index contributed by atoms with van der Waals surface area (Å²) in [5.74, 6) is 3.13. The Bertz CT molecular complexity index is 924. The average Bonchev–Trinajstić information content (AvgIpc) is 3.40. The number of ether oxygens (including phenoxy) is 1. The van der Waals surface area contributed by atoms with Gasteiger partial charge in [0.2, 0.25) is 0 Å². The summed E-state index contributed by atoms with van der Waals surface area (Å²) in [5.41, 5.74) is 1.63. The number of hydrogen-bond acceptors (Lipinski definition) is 4. The number of allylic oxidation sites excluding steroid dienone is 1. The molecule has 6 rings (SSSR count). The van der Waals surface area contributed by atoms with Crippen LogP contribution in [0.15, 0.2) is 11.6 Å². The lowest BCUT2D eigenvalue weighted by atomic mass is 9.47. The molecule has 1 aliphatic heterocycles. The molecule has 5 nitrogen and oxygen atoms in total. The third-order valence-corrected chi connectivity index (χ3v) is 12.0. The van der Waals surface area contributed by atoms with Crippen molar-refractivity contribution in [3.05, 3.63) is 11.6 Å². The van der Waals surface area contributed by atoms with Crippen molar-refractivity contribution in [1.29, 1.82) is 0 Å². The van der Waals surface area contributed by atoms with Crippen LogP contribution in [0, 0.1) is 34.5 Å². The van der Waals surface area contributed by atoms with Gasteiger partial charge in [-0.3, -0.25) is 9.59 Å². The molecule has 0 aromatic heterocycles. The van der Waals surface area contributed by atoms with Gasteiger partial charge in [-0.1, -0.05) is 18.6 Å². The van der Waals surface area contributed by atoms with Crippen molar-refractivity contribution in [2.75, 3.05) is 20.6 Å². The molecule has 4 saturated carbocycles. The van der Waals surface area contributed by atoms with Crippen LogP contribution in [0.5, 0.6) is 0 Å². The van der Waals surface area contributed by atoms with E-state index in [-0.39, 0.29) is 17.9 Å². The van der Waals surface area contributed by atoms with E-state index in [4.69, 9.17) is 4.74 Å². The predicted molar refractivity (Wildman–Crippen MR) is 132 cm³/mol. The van der Waals surface area contributed by atoms with Crippen molar-refractivity contribution in [3.8, 4) is 0 Å². The van der Waals surface area contributed by atoms with Gasteiger partial charge in [0, 0.05) is 45.4 Å². The van der Waals surface area contributed by atoms with Crippen LogP contribution in [0.3, 0.4) is 0 Å². The van der Waals surface area contributed by atoms with E-state index >= 15 is 0 Å². The molecule has 0 bridgehead atoms. The summed E-state index contributed by atoms with van der Waals surface area (Å²) in [6.07, 6.45) is 14.1. The predicted octanol–water partition coefficient (Wildman–Crippen LogP) is 4.80. The zero-order valence-electron chi connectivity index (χ0n) is 21.9. The maximum atomic E-state index is 13.2. The molecule has 1 saturated heterocycles. The highest BCUT2D eigenvalue weighted by Gasteiger charge is 2.64. The largest absolute Gasteiger partial charge is 0.449 e. The van der Waals surface area contributed by atoms with Crippen molar-refractivity contribution < 1.29 is 14.3 Å². The number of esters is 1. The first-order valence-corrected chi connectivity index (χ1v) is 14.0. The first kappa shape index (κ1) is 23.1. The zero-order valence-corrected chi connectivity index (χ0v) is 21.9. The Morgan fingerprint density at radius 2 is 1.79 bits per heavy atom. The van der Waals surface area contributed by atoms with Gasteiger partial charge in [-0.05, 0) is 99.8 Å². The van der Waals surface area contributed by atoms with Gasteiger partial charge in [0.1, 0.15) is 0 Å². The first-order chi connectivity index (χ1) is 16.1. The Morgan fingerprint density at radius 1 is 1.06 bits per heavy atom. The summed E-state index contributed by atoms with van der Waals surface area (Å²) < 4.78 is 5.46. The van der Waals surface area contributed by atoms with Crippen LogP contribution in [-0.4, -0.2) is 60.0 Å². The van der Waals surface area contributed by atoms with E-state index < -0.39 is 5.60 Å². The molecule has 5 heteroatoms. The molecule has 6 aliphatic rings. The number of rotatable bonds is 3. The van der Waals surface area contributed by atoms with Gasteiger partial charge in [-0.15, -0.1) is 0 Å². The highest BCUT2D eigenvalue weighted by atomic mass is 16.6. The third kappa shape index (κ3) is 3.07. The topological polar surface area (TPSA) is 49.9 Å². The summed E-state index contributed by atoms with van der Waals surface area (Å²) in [6.45, 7) is 7.76. The van der Waals surface area contributed by atoms with Gasteiger partial charge in [0.05, 0.1) is 0 Å². The van der Waals surface area contributed by atoms with E-state index in [1.165, 1.54) is 52.0 Å². The lowest BCUT2D eigenvalue weighted by Gasteiger charge is -2.58. The molecular formula is C29H44N2O3. The minimum absolute atomic E-state index is 0.0154. The molecule has 5 fully saturated rings. The van der Waals surface area contributed by atoms with Gasteiger partial charge in [-0.2, -0.15) is 0 Å². The van der Waals surface area contributed by atoms with Crippen LogP contribution in [0.2, 0.25) is 0 Å². The summed E-state index contributed by atoms with van der Waals surface area (Å²) in [4.78, 5) is 29.4. The number of likely N-dealkylation sites (N-methyl/N-ethyl adjacent to an activating group) is 1. The van der Waals surface area contributed by atoms with E-state index in [1.54, 1.807) is 5.57 Å². The van der Waals surface area contributed by atoms with Crippen molar-refractivity contribution >= 4 is 11.9 Å². The second-order valence-corrected chi connectivity index (χ2v) is 13.3. The highest BCUT2D eigenvalue weighted by Crippen LogP contribution is 2.68. The third-order valence-electron chi connectivity index (χ3n) is 12.0. The minimum Gasteiger partial charge on any atom is -0.449 e. The Kier molecular flexibility index (Phi) is 5.14. The lowest BCUT2D eigenvalue weighted by Crippen LogP contribution is -2.53. The standard InChI is InChI=1S/C29H44N2O3/c1-18-23-8-9-25-22-7-6-20-16-21(31(5)26(33)29(14-15-29)34-19(2)32)10-12-27(20,3)24(22)11-13-28(23,25)17-30(18)4/h6,18,21-25H,7-17H2,1-5H3/t18-,21-,22+,23+,24-,25-,27-,28-/m0/s1. The molecule has 34 heavy (non-hydrogen) atoms. The summed E-state index contributed by atoms with van der Waals surface area (Å²) in [5, 5.41) is 0. The van der Waals surface area contributed by atoms with E-state index in [1.807, 2.05) is 11.9 Å². The van der Waals surface area contributed by atoms with Gasteiger partial charge in [0.15, 0.2) is 5.60 Å². The Morgan fingerprint density at radius 3 is 2.50 bits per heavy atom. The number of nitrogens with zero attached hydrogens (tertiary/aromatic N) is 2. The lowest BCUT2D eigenvalue weighted by molar-refractivity contribution is -0.162. The number of carbonyl (C=O) groups excluding carboxylic acids is 2. The fourth-order valence-electron chi connectivity index (χ4n) is 10.0. The molecule has 0 unspecified atom stereocenters. The molecule has 0 aromatic rings. The molecule has 188 valence electrons. The van der Waals surface area contributed by atoms with Crippen LogP contribution >= 0.6 is 0 Å². The molecule has 1 amide bonds. The number of fused-ring (bicyclic) bond motifs is 4. The molecule has 1 heterocycles. The highest BCUT2D eigenvalue weighted by molar-refractivity contribution is 5.90. The monoisotopic (exact) mass is 468 g/mol. The fraction of sp³-hybridized carbons (Fsp3) is 0.862. The Hall–Kier alpha value is -1.36. The zero-order chi connectivity index (χ0) is 24.0.